The molecule has 1 aliphatic heterocycles. The van der Waals surface area contributed by atoms with Crippen molar-refractivity contribution in [3.8, 4) is 0 Å². The standard InChI is InChI=1S/C11H16N2O3/c1-8-2-3-11(16-8)13-10(14)6-9-7-15-5-4-12-9/h2-3,9,12H,4-7H2,1H3,(H,13,14). The summed E-state index contributed by atoms with van der Waals surface area (Å²) in [5.41, 5.74) is 0. The highest BCUT2D eigenvalue weighted by molar-refractivity contribution is 5.89. The second kappa shape index (κ2) is 5.14. The Morgan fingerprint density at radius 3 is 3.12 bits per heavy atom. The molecule has 88 valence electrons. The summed E-state index contributed by atoms with van der Waals surface area (Å²) in [6.45, 7) is 3.95. The second-order valence-electron chi connectivity index (χ2n) is 3.89. The number of hydrogen-bond donors (Lipinski definition) is 2. The third-order valence-electron chi connectivity index (χ3n) is 2.43. The number of morpholine rings is 1. The van der Waals surface area contributed by atoms with E-state index in [0.717, 1.165) is 18.9 Å². The second-order valence-corrected chi connectivity index (χ2v) is 3.89. The molecule has 0 aliphatic carbocycles. The summed E-state index contributed by atoms with van der Waals surface area (Å²) in [4.78, 5) is 11.6. The fraction of sp³-hybridized carbons (Fsp3) is 0.545. The maximum atomic E-state index is 11.6. The van der Waals surface area contributed by atoms with Gasteiger partial charge in [-0.15, -0.1) is 0 Å². The van der Waals surface area contributed by atoms with E-state index in [-0.39, 0.29) is 11.9 Å². The molecule has 1 saturated heterocycles. The van der Waals surface area contributed by atoms with Crippen LogP contribution in [0.25, 0.3) is 0 Å². The average Bonchev–Trinajstić information content (AvgIpc) is 2.65. The van der Waals surface area contributed by atoms with Gasteiger partial charge in [-0.1, -0.05) is 0 Å². The van der Waals surface area contributed by atoms with Crippen LogP contribution < -0.4 is 10.6 Å². The predicted molar refractivity (Wildman–Crippen MR) is 59.3 cm³/mol. The highest BCUT2D eigenvalue weighted by Gasteiger charge is 2.17. The largest absolute Gasteiger partial charge is 0.446 e. The van der Waals surface area contributed by atoms with Gasteiger partial charge in [-0.2, -0.15) is 0 Å². The topological polar surface area (TPSA) is 63.5 Å². The Bertz CT molecular complexity index is 356. The van der Waals surface area contributed by atoms with E-state index < -0.39 is 0 Å². The summed E-state index contributed by atoms with van der Waals surface area (Å²) >= 11 is 0. The van der Waals surface area contributed by atoms with Gasteiger partial charge in [-0.25, -0.2) is 0 Å². The number of ether oxygens (including phenoxy) is 1. The first kappa shape index (κ1) is 11.2. The summed E-state index contributed by atoms with van der Waals surface area (Å²) in [5, 5.41) is 5.93. The SMILES string of the molecule is Cc1ccc(NC(=O)CC2COCCN2)o1. The number of nitrogens with one attached hydrogen (secondary N) is 2. The Morgan fingerprint density at radius 1 is 1.62 bits per heavy atom. The lowest BCUT2D eigenvalue weighted by Gasteiger charge is -2.22. The van der Waals surface area contributed by atoms with E-state index in [1.807, 2.05) is 13.0 Å². The molecule has 0 saturated carbocycles. The van der Waals surface area contributed by atoms with Crippen molar-refractivity contribution in [2.45, 2.75) is 19.4 Å². The predicted octanol–water partition coefficient (Wildman–Crippen LogP) is 0.905. The number of carbonyl (C=O) groups is 1. The molecule has 1 atom stereocenters. The van der Waals surface area contributed by atoms with Crippen LogP contribution in [0.2, 0.25) is 0 Å². The Kier molecular flexibility index (Phi) is 3.58. The fourth-order valence-corrected chi connectivity index (χ4v) is 1.66. The van der Waals surface area contributed by atoms with E-state index in [4.69, 9.17) is 9.15 Å². The maximum absolute atomic E-state index is 11.6. The Balaban J connectivity index is 1.79. The van der Waals surface area contributed by atoms with Crippen molar-refractivity contribution in [2.75, 3.05) is 25.1 Å². The highest BCUT2D eigenvalue weighted by Crippen LogP contribution is 2.12. The number of carbonyl (C=O) groups excluding carboxylic acids is 1. The van der Waals surface area contributed by atoms with Gasteiger partial charge in [0.25, 0.3) is 0 Å². The zero-order valence-corrected chi connectivity index (χ0v) is 9.29. The molecule has 0 radical (unpaired) electrons. The first-order chi connectivity index (χ1) is 7.74. The Hall–Kier alpha value is -1.33. The average molecular weight is 224 g/mol. The van der Waals surface area contributed by atoms with Gasteiger partial charge in [0.15, 0.2) is 5.88 Å². The number of rotatable bonds is 3. The molecular formula is C11H16N2O3. The maximum Gasteiger partial charge on any atom is 0.228 e. The van der Waals surface area contributed by atoms with Crippen LogP contribution >= 0.6 is 0 Å². The van der Waals surface area contributed by atoms with Crippen molar-refractivity contribution in [2.24, 2.45) is 0 Å². The first-order valence-electron chi connectivity index (χ1n) is 5.41. The number of furan rings is 1. The monoisotopic (exact) mass is 224 g/mol. The van der Waals surface area contributed by atoms with Crippen LogP contribution in [0.15, 0.2) is 16.5 Å². The molecule has 0 bridgehead atoms. The molecule has 2 N–H and O–H groups in total. The molecule has 1 aliphatic rings. The third-order valence-corrected chi connectivity index (χ3v) is 2.43. The van der Waals surface area contributed by atoms with Crippen molar-refractivity contribution >= 4 is 11.8 Å². The normalized spacial score (nSPS) is 20.7. The highest BCUT2D eigenvalue weighted by atomic mass is 16.5. The number of aryl methyl sites for hydroxylation is 1. The minimum Gasteiger partial charge on any atom is -0.446 e. The van der Waals surface area contributed by atoms with Crippen molar-refractivity contribution < 1.29 is 13.9 Å². The molecule has 2 rings (SSSR count). The molecule has 1 amide bonds. The van der Waals surface area contributed by atoms with E-state index in [9.17, 15) is 4.79 Å². The Labute approximate surface area is 94.1 Å². The summed E-state index contributed by atoms with van der Waals surface area (Å²) in [6.07, 6.45) is 0.403. The minimum atomic E-state index is -0.0580. The van der Waals surface area contributed by atoms with Crippen LogP contribution in [0, 0.1) is 6.92 Å². The molecule has 1 unspecified atom stereocenters. The van der Waals surface area contributed by atoms with Crippen molar-refractivity contribution in [3.05, 3.63) is 17.9 Å². The lowest BCUT2D eigenvalue weighted by molar-refractivity contribution is -0.117. The first-order valence-corrected chi connectivity index (χ1v) is 5.41. The van der Waals surface area contributed by atoms with Gasteiger partial charge in [-0.3, -0.25) is 10.1 Å². The summed E-state index contributed by atoms with van der Waals surface area (Å²) in [6, 6.07) is 3.67. The van der Waals surface area contributed by atoms with Crippen molar-refractivity contribution in [1.29, 1.82) is 0 Å². The van der Waals surface area contributed by atoms with Gasteiger partial charge in [-0.05, 0) is 13.0 Å². The van der Waals surface area contributed by atoms with E-state index >= 15 is 0 Å². The van der Waals surface area contributed by atoms with Crippen LogP contribution in [0.5, 0.6) is 0 Å². The zero-order chi connectivity index (χ0) is 11.4. The lowest BCUT2D eigenvalue weighted by atomic mass is 10.2. The van der Waals surface area contributed by atoms with E-state index in [1.165, 1.54) is 0 Å². The van der Waals surface area contributed by atoms with Gasteiger partial charge >= 0.3 is 0 Å². The number of amides is 1. The molecule has 1 aromatic heterocycles. The molecule has 1 fully saturated rings. The van der Waals surface area contributed by atoms with Crippen LogP contribution in [-0.4, -0.2) is 31.7 Å². The summed E-state index contributed by atoms with van der Waals surface area (Å²) in [5.74, 6) is 1.23. The number of hydrogen-bond acceptors (Lipinski definition) is 4. The molecule has 2 heterocycles. The van der Waals surface area contributed by atoms with Crippen molar-refractivity contribution in [1.82, 2.24) is 5.32 Å². The van der Waals surface area contributed by atoms with Crippen molar-refractivity contribution in [3.63, 3.8) is 0 Å². The van der Waals surface area contributed by atoms with Crippen LogP contribution in [0.4, 0.5) is 5.88 Å². The molecule has 1 aromatic rings. The lowest BCUT2D eigenvalue weighted by Crippen LogP contribution is -2.43. The van der Waals surface area contributed by atoms with Gasteiger partial charge in [0.05, 0.1) is 13.2 Å². The molecule has 16 heavy (non-hydrogen) atoms. The quantitative estimate of drug-likeness (QED) is 0.801. The van der Waals surface area contributed by atoms with Crippen LogP contribution in [0.3, 0.4) is 0 Å². The minimum absolute atomic E-state index is 0.0580. The fourth-order valence-electron chi connectivity index (χ4n) is 1.66. The van der Waals surface area contributed by atoms with Crippen LogP contribution in [-0.2, 0) is 9.53 Å². The van der Waals surface area contributed by atoms with E-state index in [2.05, 4.69) is 10.6 Å². The summed E-state index contributed by atoms with van der Waals surface area (Å²) in [7, 11) is 0. The molecule has 0 aromatic carbocycles. The van der Waals surface area contributed by atoms with Crippen LogP contribution in [0.1, 0.15) is 12.2 Å². The smallest absolute Gasteiger partial charge is 0.228 e. The molecule has 5 nitrogen and oxygen atoms in total. The third kappa shape index (κ3) is 3.08. The van der Waals surface area contributed by atoms with Gasteiger partial charge < -0.3 is 14.5 Å². The molecular weight excluding hydrogens is 208 g/mol. The molecule has 5 heteroatoms. The number of anilines is 1. The van der Waals surface area contributed by atoms with Gasteiger partial charge in [0.1, 0.15) is 5.76 Å². The molecule has 0 spiro atoms. The van der Waals surface area contributed by atoms with E-state index in [1.54, 1.807) is 6.07 Å². The zero-order valence-electron chi connectivity index (χ0n) is 9.29. The van der Waals surface area contributed by atoms with E-state index in [0.29, 0.717) is 18.9 Å². The summed E-state index contributed by atoms with van der Waals surface area (Å²) < 4.78 is 10.5. The van der Waals surface area contributed by atoms with Gasteiger partial charge in [0.2, 0.25) is 5.91 Å². The Morgan fingerprint density at radius 2 is 2.50 bits per heavy atom. The van der Waals surface area contributed by atoms with Gasteiger partial charge in [0, 0.05) is 25.1 Å².